The Morgan fingerprint density at radius 3 is 1.94 bits per heavy atom. The first kappa shape index (κ1) is 15.0. The molecule has 1 rings (SSSR count). The van der Waals surface area contributed by atoms with Crippen molar-refractivity contribution < 1.29 is 9.59 Å². The summed E-state index contributed by atoms with van der Waals surface area (Å²) in [5.74, 6) is 0.276. The molecule has 1 saturated heterocycles. The van der Waals surface area contributed by atoms with Gasteiger partial charge in [-0.1, -0.05) is 27.2 Å². The van der Waals surface area contributed by atoms with E-state index < -0.39 is 0 Å². The first-order valence-electron chi connectivity index (χ1n) is 7.23. The molecular weight excluding hydrogens is 228 g/mol. The van der Waals surface area contributed by atoms with Crippen LogP contribution in [0.2, 0.25) is 0 Å². The Kier molecular flexibility index (Phi) is 5.63. The SMILES string of the molecule is CCCC1C(=O)N(CCC)C(CC)C(=O)N1CC. The molecule has 1 heterocycles. The molecule has 1 aliphatic heterocycles. The van der Waals surface area contributed by atoms with Gasteiger partial charge in [0, 0.05) is 13.1 Å². The third kappa shape index (κ3) is 2.68. The van der Waals surface area contributed by atoms with Crippen molar-refractivity contribution in [1.82, 2.24) is 9.80 Å². The second kappa shape index (κ2) is 6.76. The van der Waals surface area contributed by atoms with Crippen LogP contribution in [0.4, 0.5) is 0 Å². The van der Waals surface area contributed by atoms with Crippen LogP contribution in [0, 0.1) is 0 Å². The summed E-state index contributed by atoms with van der Waals surface area (Å²) in [5.41, 5.74) is 0. The molecule has 0 saturated carbocycles. The summed E-state index contributed by atoms with van der Waals surface area (Å²) in [6.45, 7) is 9.36. The minimum absolute atomic E-state index is 0.131. The van der Waals surface area contributed by atoms with Gasteiger partial charge in [-0.2, -0.15) is 0 Å². The van der Waals surface area contributed by atoms with Gasteiger partial charge in [0.1, 0.15) is 12.1 Å². The van der Waals surface area contributed by atoms with Gasteiger partial charge in [0.25, 0.3) is 0 Å². The summed E-state index contributed by atoms with van der Waals surface area (Å²) in [7, 11) is 0. The van der Waals surface area contributed by atoms with Crippen molar-refractivity contribution in [2.45, 2.75) is 65.5 Å². The van der Waals surface area contributed by atoms with Crippen LogP contribution in [0.5, 0.6) is 0 Å². The Labute approximate surface area is 110 Å². The number of amides is 2. The molecule has 0 aromatic carbocycles. The van der Waals surface area contributed by atoms with Crippen LogP contribution in [0.25, 0.3) is 0 Å². The molecule has 104 valence electrons. The number of carbonyl (C=O) groups is 2. The minimum Gasteiger partial charge on any atom is -0.329 e. The molecule has 4 heteroatoms. The van der Waals surface area contributed by atoms with Gasteiger partial charge in [-0.15, -0.1) is 0 Å². The molecule has 1 aliphatic rings. The summed E-state index contributed by atoms with van der Waals surface area (Å²) in [5, 5.41) is 0. The quantitative estimate of drug-likeness (QED) is 0.727. The fourth-order valence-electron chi connectivity index (χ4n) is 2.79. The van der Waals surface area contributed by atoms with Crippen LogP contribution < -0.4 is 0 Å². The van der Waals surface area contributed by atoms with Gasteiger partial charge in [0.15, 0.2) is 0 Å². The molecule has 0 spiro atoms. The topological polar surface area (TPSA) is 40.6 Å². The Hall–Kier alpha value is -1.06. The van der Waals surface area contributed by atoms with Crippen molar-refractivity contribution in [3.63, 3.8) is 0 Å². The second-order valence-electron chi connectivity index (χ2n) is 4.88. The maximum absolute atomic E-state index is 12.5. The number of carbonyl (C=O) groups excluding carboxylic acids is 2. The van der Waals surface area contributed by atoms with Crippen molar-refractivity contribution in [3.8, 4) is 0 Å². The number of nitrogens with zero attached hydrogens (tertiary/aromatic N) is 2. The van der Waals surface area contributed by atoms with Gasteiger partial charge >= 0.3 is 0 Å². The number of hydrogen-bond acceptors (Lipinski definition) is 2. The van der Waals surface area contributed by atoms with Crippen LogP contribution in [0.3, 0.4) is 0 Å². The van der Waals surface area contributed by atoms with Crippen molar-refractivity contribution in [2.75, 3.05) is 13.1 Å². The number of hydrogen-bond donors (Lipinski definition) is 0. The molecule has 2 amide bonds. The van der Waals surface area contributed by atoms with Gasteiger partial charge in [-0.05, 0) is 26.2 Å². The lowest BCUT2D eigenvalue weighted by Crippen LogP contribution is -2.64. The molecule has 0 bridgehead atoms. The van der Waals surface area contributed by atoms with Gasteiger partial charge < -0.3 is 9.80 Å². The normalized spacial score (nSPS) is 24.9. The molecule has 0 aliphatic carbocycles. The first-order chi connectivity index (χ1) is 8.62. The van der Waals surface area contributed by atoms with Crippen LogP contribution >= 0.6 is 0 Å². The van der Waals surface area contributed by atoms with E-state index in [0.29, 0.717) is 19.5 Å². The van der Waals surface area contributed by atoms with E-state index in [9.17, 15) is 9.59 Å². The summed E-state index contributed by atoms with van der Waals surface area (Å²) in [6, 6.07) is -0.479. The minimum atomic E-state index is -0.245. The molecule has 2 atom stereocenters. The molecule has 1 fully saturated rings. The van der Waals surface area contributed by atoms with Gasteiger partial charge in [-0.25, -0.2) is 0 Å². The highest BCUT2D eigenvalue weighted by Gasteiger charge is 2.43. The van der Waals surface area contributed by atoms with E-state index in [1.165, 1.54) is 0 Å². The van der Waals surface area contributed by atoms with Crippen molar-refractivity contribution in [1.29, 1.82) is 0 Å². The van der Waals surface area contributed by atoms with Gasteiger partial charge in [0.05, 0.1) is 0 Å². The lowest BCUT2D eigenvalue weighted by Gasteiger charge is -2.44. The van der Waals surface area contributed by atoms with E-state index in [1.807, 2.05) is 20.8 Å². The van der Waals surface area contributed by atoms with E-state index in [4.69, 9.17) is 0 Å². The lowest BCUT2D eigenvalue weighted by atomic mass is 9.99. The number of likely N-dealkylation sites (N-methyl/N-ethyl adjacent to an activating group) is 1. The van der Waals surface area contributed by atoms with E-state index in [2.05, 4.69) is 6.92 Å². The predicted molar refractivity (Wildman–Crippen MR) is 72.2 cm³/mol. The van der Waals surface area contributed by atoms with E-state index in [0.717, 1.165) is 19.3 Å². The fourth-order valence-corrected chi connectivity index (χ4v) is 2.79. The summed E-state index contributed by atoms with van der Waals surface area (Å²) in [4.78, 5) is 28.5. The van der Waals surface area contributed by atoms with Crippen LogP contribution in [0.15, 0.2) is 0 Å². The Bertz CT molecular complexity index is 278. The Morgan fingerprint density at radius 2 is 1.50 bits per heavy atom. The highest BCUT2D eigenvalue weighted by molar-refractivity contribution is 5.97. The zero-order chi connectivity index (χ0) is 13.7. The van der Waals surface area contributed by atoms with Gasteiger partial charge in [-0.3, -0.25) is 9.59 Å². The molecule has 0 aromatic rings. The maximum atomic E-state index is 12.5. The highest BCUT2D eigenvalue weighted by Crippen LogP contribution is 2.23. The number of rotatable bonds is 6. The molecule has 2 unspecified atom stereocenters. The first-order valence-corrected chi connectivity index (χ1v) is 7.23. The average molecular weight is 254 g/mol. The third-order valence-corrected chi connectivity index (χ3v) is 3.64. The largest absolute Gasteiger partial charge is 0.329 e. The monoisotopic (exact) mass is 254 g/mol. The zero-order valence-electron chi connectivity index (χ0n) is 12.1. The van der Waals surface area contributed by atoms with Crippen molar-refractivity contribution in [2.24, 2.45) is 0 Å². The second-order valence-corrected chi connectivity index (χ2v) is 4.88. The van der Waals surface area contributed by atoms with Gasteiger partial charge in [0.2, 0.25) is 11.8 Å². The summed E-state index contributed by atoms with van der Waals surface area (Å²) >= 11 is 0. The Balaban J connectivity index is 3.00. The molecule has 0 N–H and O–H groups in total. The third-order valence-electron chi connectivity index (χ3n) is 3.64. The van der Waals surface area contributed by atoms with E-state index in [1.54, 1.807) is 9.80 Å². The maximum Gasteiger partial charge on any atom is 0.246 e. The highest BCUT2D eigenvalue weighted by atomic mass is 16.2. The van der Waals surface area contributed by atoms with Crippen LogP contribution in [-0.2, 0) is 9.59 Å². The molecule has 4 nitrogen and oxygen atoms in total. The lowest BCUT2D eigenvalue weighted by molar-refractivity contribution is -0.162. The fraction of sp³-hybridized carbons (Fsp3) is 0.857. The molecule has 18 heavy (non-hydrogen) atoms. The zero-order valence-corrected chi connectivity index (χ0v) is 12.1. The predicted octanol–water partition coefficient (Wildman–Crippen LogP) is 2.03. The summed E-state index contributed by atoms with van der Waals surface area (Å²) < 4.78 is 0. The molecule has 0 aromatic heterocycles. The molecular formula is C14H26N2O2. The van der Waals surface area contributed by atoms with Crippen LogP contribution in [0.1, 0.15) is 53.4 Å². The standard InChI is InChI=1S/C14H26N2O2/c1-5-9-12-14(18)16(10-6-2)11(7-3)13(17)15(12)8-4/h11-12H,5-10H2,1-4H3. The average Bonchev–Trinajstić information content (AvgIpc) is 2.36. The smallest absolute Gasteiger partial charge is 0.246 e. The summed E-state index contributed by atoms with van der Waals surface area (Å²) in [6.07, 6.45) is 3.31. The van der Waals surface area contributed by atoms with E-state index >= 15 is 0 Å². The number of piperazine rings is 1. The van der Waals surface area contributed by atoms with E-state index in [-0.39, 0.29) is 23.9 Å². The Morgan fingerprint density at radius 1 is 0.889 bits per heavy atom. The van der Waals surface area contributed by atoms with Crippen molar-refractivity contribution in [3.05, 3.63) is 0 Å². The molecule has 0 radical (unpaired) electrons. The van der Waals surface area contributed by atoms with Crippen molar-refractivity contribution >= 4 is 11.8 Å². The van der Waals surface area contributed by atoms with Crippen LogP contribution in [-0.4, -0.2) is 46.8 Å².